The van der Waals surface area contributed by atoms with E-state index in [1.807, 2.05) is 31.2 Å². The van der Waals surface area contributed by atoms with E-state index in [0.717, 1.165) is 15.7 Å². The number of phenols is 1. The van der Waals surface area contributed by atoms with Gasteiger partial charge in [-0.2, -0.15) is 0 Å². The van der Waals surface area contributed by atoms with Crippen molar-refractivity contribution in [3.63, 3.8) is 0 Å². The number of aromatic hydroxyl groups is 1. The second kappa shape index (κ2) is 7.59. The summed E-state index contributed by atoms with van der Waals surface area (Å²) in [5.74, 6) is 0.290. The van der Waals surface area contributed by atoms with Crippen molar-refractivity contribution in [2.24, 2.45) is 0 Å². The molecule has 0 unspecified atom stereocenters. The molecule has 0 aromatic heterocycles. The maximum atomic E-state index is 12.8. The Hall–Kier alpha value is -1.83. The molecule has 0 saturated carbocycles. The zero-order valence-corrected chi connectivity index (χ0v) is 16.5. The van der Waals surface area contributed by atoms with Crippen LogP contribution in [-0.4, -0.2) is 21.9 Å². The molecule has 0 aliphatic carbocycles. The molecule has 1 saturated heterocycles. The van der Waals surface area contributed by atoms with Gasteiger partial charge in [-0.3, -0.25) is 9.69 Å². The maximum Gasteiger partial charge on any atom is 0.270 e. The Morgan fingerprint density at radius 3 is 2.84 bits per heavy atom. The highest BCUT2D eigenvalue weighted by Gasteiger charge is 2.33. The summed E-state index contributed by atoms with van der Waals surface area (Å²) in [6, 6.07) is 12.4. The predicted molar refractivity (Wildman–Crippen MR) is 109 cm³/mol. The Kier molecular flexibility index (Phi) is 5.46. The molecule has 1 aliphatic rings. The van der Waals surface area contributed by atoms with Crippen molar-refractivity contribution < 1.29 is 14.6 Å². The van der Waals surface area contributed by atoms with Crippen LogP contribution >= 0.6 is 39.9 Å². The molecule has 7 heteroatoms. The minimum absolute atomic E-state index is 0.0701. The van der Waals surface area contributed by atoms with E-state index in [-0.39, 0.29) is 11.7 Å². The van der Waals surface area contributed by atoms with Gasteiger partial charge >= 0.3 is 0 Å². The summed E-state index contributed by atoms with van der Waals surface area (Å²) < 4.78 is 6.74. The number of carbonyl (C=O) groups excluding carboxylic acids is 1. The Bertz CT molecular complexity index is 882. The molecule has 3 rings (SSSR count). The summed E-state index contributed by atoms with van der Waals surface area (Å²) in [6.45, 7) is 2.29. The number of ether oxygens (including phenoxy) is 1. The fourth-order valence-electron chi connectivity index (χ4n) is 2.35. The van der Waals surface area contributed by atoms with Crippen LogP contribution in [0, 0.1) is 0 Å². The Balaban J connectivity index is 1.92. The number of hydrogen-bond acceptors (Lipinski definition) is 5. The smallest absolute Gasteiger partial charge is 0.270 e. The minimum Gasteiger partial charge on any atom is -0.504 e. The first-order valence-corrected chi connectivity index (χ1v) is 9.50. The molecule has 4 nitrogen and oxygen atoms in total. The Labute approximate surface area is 163 Å². The predicted octanol–water partition coefficient (Wildman–Crippen LogP) is 4.96. The van der Waals surface area contributed by atoms with E-state index in [1.54, 1.807) is 24.3 Å². The van der Waals surface area contributed by atoms with Crippen molar-refractivity contribution in [1.82, 2.24) is 0 Å². The van der Waals surface area contributed by atoms with E-state index >= 15 is 0 Å². The molecule has 1 aliphatic heterocycles. The molecule has 1 amide bonds. The Morgan fingerprint density at radius 2 is 2.12 bits per heavy atom. The highest BCUT2D eigenvalue weighted by molar-refractivity contribution is 9.10. The number of anilines is 1. The van der Waals surface area contributed by atoms with Crippen LogP contribution in [0.4, 0.5) is 5.69 Å². The number of halogens is 1. The van der Waals surface area contributed by atoms with Gasteiger partial charge < -0.3 is 9.84 Å². The maximum absolute atomic E-state index is 12.8. The van der Waals surface area contributed by atoms with E-state index < -0.39 is 0 Å². The number of amides is 1. The average Bonchev–Trinajstić information content (AvgIpc) is 2.85. The van der Waals surface area contributed by atoms with Crippen LogP contribution in [-0.2, 0) is 4.79 Å². The van der Waals surface area contributed by atoms with Crippen molar-refractivity contribution in [3.8, 4) is 11.5 Å². The fraction of sp³-hybridized carbons (Fsp3) is 0.111. The molecule has 2 aromatic carbocycles. The monoisotopic (exact) mass is 435 g/mol. The zero-order chi connectivity index (χ0) is 18.0. The van der Waals surface area contributed by atoms with Gasteiger partial charge in [0.05, 0.1) is 17.2 Å². The van der Waals surface area contributed by atoms with E-state index in [9.17, 15) is 9.90 Å². The number of thiocarbonyl (C=S) groups is 1. The van der Waals surface area contributed by atoms with Crippen LogP contribution in [0.15, 0.2) is 51.8 Å². The van der Waals surface area contributed by atoms with Gasteiger partial charge in [0.1, 0.15) is 0 Å². The molecule has 0 radical (unpaired) electrons. The summed E-state index contributed by atoms with van der Waals surface area (Å²) >= 11 is 10.0. The van der Waals surface area contributed by atoms with Gasteiger partial charge in [0.25, 0.3) is 5.91 Å². The third-order valence-corrected chi connectivity index (χ3v) is 5.24. The molecule has 0 bridgehead atoms. The van der Waals surface area contributed by atoms with Gasteiger partial charge in [-0.25, -0.2) is 0 Å². The number of carbonyl (C=O) groups is 1. The Morgan fingerprint density at radius 1 is 1.32 bits per heavy atom. The van der Waals surface area contributed by atoms with Crippen molar-refractivity contribution in [1.29, 1.82) is 0 Å². The van der Waals surface area contributed by atoms with Gasteiger partial charge in [0, 0.05) is 4.47 Å². The lowest BCUT2D eigenvalue weighted by Crippen LogP contribution is -2.27. The van der Waals surface area contributed by atoms with Crippen LogP contribution in [0.5, 0.6) is 11.5 Å². The van der Waals surface area contributed by atoms with E-state index in [0.29, 0.717) is 21.6 Å². The number of benzene rings is 2. The number of phenolic OH excluding ortho intramolecular Hbond substituents is 1. The van der Waals surface area contributed by atoms with Gasteiger partial charge in [-0.15, -0.1) is 0 Å². The number of nitrogens with zero attached hydrogens (tertiary/aromatic N) is 1. The van der Waals surface area contributed by atoms with Gasteiger partial charge in [0.2, 0.25) is 0 Å². The van der Waals surface area contributed by atoms with Crippen molar-refractivity contribution in [3.05, 3.63) is 57.4 Å². The number of thioether (sulfide) groups is 1. The number of hydrogen-bond donors (Lipinski definition) is 1. The molecule has 128 valence electrons. The second-order valence-corrected chi connectivity index (χ2v) is 7.75. The average molecular weight is 436 g/mol. The van der Waals surface area contributed by atoms with E-state index in [1.165, 1.54) is 16.7 Å². The molecular formula is C18H14BrNO3S2. The van der Waals surface area contributed by atoms with Crippen LogP contribution in [0.2, 0.25) is 0 Å². The highest BCUT2D eigenvalue weighted by Crippen LogP contribution is 2.37. The quantitative estimate of drug-likeness (QED) is 0.543. The third kappa shape index (κ3) is 3.89. The lowest BCUT2D eigenvalue weighted by molar-refractivity contribution is -0.113. The van der Waals surface area contributed by atoms with Gasteiger partial charge in [0.15, 0.2) is 15.8 Å². The molecule has 2 aromatic rings. The molecule has 25 heavy (non-hydrogen) atoms. The normalized spacial score (nSPS) is 15.9. The standard InChI is InChI=1S/C18H14BrNO3S2/c1-2-23-15-8-11(6-7-14(15)21)9-16-17(22)20(18(24)25-16)13-5-3-4-12(19)10-13/h3-10,21H,2H2,1H3. The molecule has 1 heterocycles. The first-order valence-electron chi connectivity index (χ1n) is 7.49. The van der Waals surface area contributed by atoms with Crippen LogP contribution < -0.4 is 9.64 Å². The SMILES string of the molecule is CCOc1cc(C=C2SC(=S)N(c3cccc(Br)c3)C2=O)ccc1O. The van der Waals surface area contributed by atoms with Crippen molar-refractivity contribution >= 4 is 61.9 Å². The fourth-order valence-corrected chi connectivity index (χ4v) is 4.03. The van der Waals surface area contributed by atoms with E-state index in [2.05, 4.69) is 15.9 Å². The zero-order valence-electron chi connectivity index (χ0n) is 13.2. The van der Waals surface area contributed by atoms with Crippen LogP contribution in [0.25, 0.3) is 6.08 Å². The molecule has 0 spiro atoms. The minimum atomic E-state index is -0.167. The topological polar surface area (TPSA) is 49.8 Å². The number of rotatable bonds is 4. The summed E-state index contributed by atoms with van der Waals surface area (Å²) in [5.41, 5.74) is 1.48. The molecule has 0 atom stereocenters. The lowest BCUT2D eigenvalue weighted by Gasteiger charge is -2.14. The van der Waals surface area contributed by atoms with Crippen LogP contribution in [0.3, 0.4) is 0 Å². The van der Waals surface area contributed by atoms with Gasteiger partial charge in [-0.1, -0.05) is 52.0 Å². The highest BCUT2D eigenvalue weighted by atomic mass is 79.9. The third-order valence-electron chi connectivity index (χ3n) is 3.44. The summed E-state index contributed by atoms with van der Waals surface area (Å²) in [4.78, 5) is 14.8. The summed E-state index contributed by atoms with van der Waals surface area (Å²) in [6.07, 6.45) is 1.75. The molecule has 1 fully saturated rings. The lowest BCUT2D eigenvalue weighted by atomic mass is 10.2. The van der Waals surface area contributed by atoms with Crippen molar-refractivity contribution in [2.45, 2.75) is 6.92 Å². The second-order valence-electron chi connectivity index (χ2n) is 5.16. The van der Waals surface area contributed by atoms with Crippen LogP contribution in [0.1, 0.15) is 12.5 Å². The van der Waals surface area contributed by atoms with Crippen molar-refractivity contribution in [2.75, 3.05) is 11.5 Å². The molecule has 1 N–H and O–H groups in total. The first kappa shape index (κ1) is 18.0. The summed E-state index contributed by atoms with van der Waals surface area (Å²) in [5, 5.41) is 9.79. The largest absolute Gasteiger partial charge is 0.504 e. The van der Waals surface area contributed by atoms with E-state index in [4.69, 9.17) is 17.0 Å². The first-order chi connectivity index (χ1) is 12.0. The van der Waals surface area contributed by atoms with Gasteiger partial charge in [-0.05, 0) is 48.9 Å². The molecular weight excluding hydrogens is 422 g/mol. The summed E-state index contributed by atoms with van der Waals surface area (Å²) in [7, 11) is 0.